The largest absolute Gasteiger partial charge is 1.00 e. The molecule has 0 radical (unpaired) electrons. The van der Waals surface area contributed by atoms with Crippen molar-refractivity contribution in [2.75, 3.05) is 5.32 Å². The van der Waals surface area contributed by atoms with Gasteiger partial charge in [-0.2, -0.15) is 0 Å². The van der Waals surface area contributed by atoms with Crippen LogP contribution in [-0.4, -0.2) is 5.11 Å². The maximum absolute atomic E-state index is 9.90. The van der Waals surface area contributed by atoms with Crippen molar-refractivity contribution in [3.05, 3.63) is 59.8 Å². The van der Waals surface area contributed by atoms with Crippen molar-refractivity contribution in [2.45, 2.75) is 13.8 Å². The summed E-state index contributed by atoms with van der Waals surface area (Å²) in [6, 6.07) is 15.6. The van der Waals surface area contributed by atoms with Crippen molar-refractivity contribution in [2.24, 2.45) is 0 Å². The number of aryl methyl sites for hydroxylation is 2. The van der Waals surface area contributed by atoms with Gasteiger partial charge in [0.25, 0.3) is 0 Å². The second-order valence-electron chi connectivity index (χ2n) is 5.06. The maximum atomic E-state index is 9.90. The molecule has 4 heteroatoms. The third-order valence-corrected chi connectivity index (χ3v) is 3.33. The quantitative estimate of drug-likeness (QED) is 0.685. The van der Waals surface area contributed by atoms with Crippen molar-refractivity contribution in [1.29, 1.82) is 0 Å². The number of aromatic nitrogens is 1. The molecule has 0 saturated carbocycles. The van der Waals surface area contributed by atoms with E-state index in [1.807, 2.05) is 31.2 Å². The molecule has 0 atom stereocenters. The monoisotopic (exact) mass is 300 g/mol. The van der Waals surface area contributed by atoms with Gasteiger partial charge >= 0.3 is 0 Å². The summed E-state index contributed by atoms with van der Waals surface area (Å²) in [4.78, 5) is 3.36. The highest BCUT2D eigenvalue weighted by molar-refractivity contribution is 5.92. The molecule has 1 heterocycles. The first kappa shape index (κ1) is 15.1. The molecule has 0 aliphatic carbocycles. The number of pyridine rings is 1. The van der Waals surface area contributed by atoms with Gasteiger partial charge in [-0.25, -0.2) is 4.98 Å². The van der Waals surface area contributed by atoms with E-state index in [0.29, 0.717) is 5.69 Å². The molecule has 2 aromatic carbocycles. The van der Waals surface area contributed by atoms with Crippen molar-refractivity contribution >= 4 is 22.3 Å². The van der Waals surface area contributed by atoms with Crippen molar-refractivity contribution < 1.29 is 22.5 Å². The predicted octanol–water partition coefficient (Wildman–Crippen LogP) is 0.724. The Morgan fingerprint density at radius 1 is 0.952 bits per heavy atom. The first-order valence-electron chi connectivity index (χ1n) is 6.62. The van der Waals surface area contributed by atoms with E-state index in [2.05, 4.69) is 35.4 Å². The molecular formula is C17H17ClN2O. The maximum Gasteiger partial charge on any atom is 0.213 e. The molecule has 0 amide bonds. The lowest BCUT2D eigenvalue weighted by molar-refractivity contribution is -0.354. The highest BCUT2D eigenvalue weighted by Crippen LogP contribution is 2.30. The van der Waals surface area contributed by atoms with Crippen LogP contribution in [0.15, 0.2) is 48.5 Å². The van der Waals surface area contributed by atoms with E-state index in [-0.39, 0.29) is 18.2 Å². The molecule has 0 spiro atoms. The van der Waals surface area contributed by atoms with Gasteiger partial charge in [0.05, 0.1) is 16.8 Å². The zero-order valence-electron chi connectivity index (χ0n) is 11.9. The van der Waals surface area contributed by atoms with Crippen molar-refractivity contribution in [1.82, 2.24) is 0 Å². The fourth-order valence-corrected chi connectivity index (χ4v) is 2.36. The Bertz CT molecular complexity index is 787. The molecule has 0 saturated heterocycles. The summed E-state index contributed by atoms with van der Waals surface area (Å²) in [5, 5.41) is 14.3. The van der Waals surface area contributed by atoms with E-state index in [1.165, 1.54) is 5.56 Å². The summed E-state index contributed by atoms with van der Waals surface area (Å²) in [5.74, 6) is 0.249. The van der Waals surface area contributed by atoms with Gasteiger partial charge in [-0.15, -0.1) is 0 Å². The van der Waals surface area contributed by atoms with Crippen LogP contribution in [0, 0.1) is 13.8 Å². The zero-order valence-corrected chi connectivity index (χ0v) is 12.7. The van der Waals surface area contributed by atoms with E-state index in [9.17, 15) is 5.11 Å². The number of phenols is 1. The third-order valence-electron chi connectivity index (χ3n) is 3.33. The van der Waals surface area contributed by atoms with Gasteiger partial charge in [0.15, 0.2) is 5.69 Å². The van der Waals surface area contributed by atoms with Gasteiger partial charge in [0.2, 0.25) is 5.52 Å². The number of H-pyrrole nitrogens is 1. The third kappa shape index (κ3) is 3.09. The number of aromatic hydroxyl groups is 1. The summed E-state index contributed by atoms with van der Waals surface area (Å²) >= 11 is 0. The number of anilines is 2. The number of aromatic amines is 1. The smallest absolute Gasteiger partial charge is 0.213 e. The van der Waals surface area contributed by atoms with Crippen LogP contribution in [-0.2, 0) is 0 Å². The second kappa shape index (κ2) is 6.02. The average molecular weight is 301 g/mol. The van der Waals surface area contributed by atoms with E-state index in [1.54, 1.807) is 6.07 Å². The number of hydrogen-bond donors (Lipinski definition) is 2. The van der Waals surface area contributed by atoms with Crippen LogP contribution in [0.4, 0.5) is 11.4 Å². The Labute approximate surface area is 130 Å². The van der Waals surface area contributed by atoms with Gasteiger partial charge in [0.1, 0.15) is 5.75 Å². The van der Waals surface area contributed by atoms with Crippen LogP contribution >= 0.6 is 0 Å². The fraction of sp³-hybridized carbons (Fsp3) is 0.118. The Kier molecular flexibility index (Phi) is 4.34. The minimum atomic E-state index is 0. The van der Waals surface area contributed by atoms with E-state index in [0.717, 1.165) is 22.3 Å². The predicted molar refractivity (Wildman–Crippen MR) is 81.4 cm³/mol. The Hall–Kier alpha value is -2.26. The number of para-hydroxylation sites is 2. The number of phenolic OH excluding ortho intramolecular Hbond substituents is 1. The molecular weight excluding hydrogens is 284 g/mol. The van der Waals surface area contributed by atoms with Crippen LogP contribution in [0.25, 0.3) is 10.9 Å². The molecule has 0 aliphatic heterocycles. The van der Waals surface area contributed by atoms with Crippen molar-refractivity contribution in [3.8, 4) is 5.75 Å². The second-order valence-corrected chi connectivity index (χ2v) is 5.06. The van der Waals surface area contributed by atoms with Crippen molar-refractivity contribution in [3.63, 3.8) is 0 Å². The van der Waals surface area contributed by atoms with Gasteiger partial charge in [-0.3, -0.25) is 0 Å². The van der Waals surface area contributed by atoms with Gasteiger partial charge < -0.3 is 22.8 Å². The SMILES string of the molecule is Cc1ccc2[nH+]c(C)cc(Nc3ccccc3O)c2c1.[Cl-]. The molecule has 0 fully saturated rings. The highest BCUT2D eigenvalue weighted by atomic mass is 35.5. The number of nitrogens with one attached hydrogen (secondary N) is 2. The number of benzene rings is 2. The Morgan fingerprint density at radius 3 is 2.48 bits per heavy atom. The molecule has 108 valence electrons. The fourth-order valence-electron chi connectivity index (χ4n) is 2.36. The summed E-state index contributed by atoms with van der Waals surface area (Å²) in [7, 11) is 0. The number of fused-ring (bicyclic) bond motifs is 1. The molecule has 0 unspecified atom stereocenters. The average Bonchev–Trinajstić information content (AvgIpc) is 2.42. The Balaban J connectivity index is 0.00000161. The normalized spacial score (nSPS) is 10.2. The zero-order chi connectivity index (χ0) is 14.1. The summed E-state index contributed by atoms with van der Waals surface area (Å²) in [6.07, 6.45) is 0. The van der Waals surface area contributed by atoms with Crippen LogP contribution in [0.1, 0.15) is 11.3 Å². The lowest BCUT2D eigenvalue weighted by Crippen LogP contribution is -3.00. The first-order valence-corrected chi connectivity index (χ1v) is 6.62. The highest BCUT2D eigenvalue weighted by Gasteiger charge is 2.10. The number of hydrogen-bond acceptors (Lipinski definition) is 2. The molecule has 3 aromatic rings. The molecule has 3 N–H and O–H groups in total. The van der Waals surface area contributed by atoms with E-state index >= 15 is 0 Å². The summed E-state index contributed by atoms with van der Waals surface area (Å²) in [6.45, 7) is 4.10. The van der Waals surface area contributed by atoms with Crippen LogP contribution < -0.4 is 22.7 Å². The molecule has 1 aromatic heterocycles. The minimum absolute atomic E-state index is 0. The molecule has 21 heavy (non-hydrogen) atoms. The lowest BCUT2D eigenvalue weighted by atomic mass is 10.1. The molecule has 3 rings (SSSR count). The minimum Gasteiger partial charge on any atom is -1.00 e. The van der Waals surface area contributed by atoms with Crippen LogP contribution in [0.5, 0.6) is 5.75 Å². The number of halogens is 1. The van der Waals surface area contributed by atoms with Gasteiger partial charge in [0, 0.05) is 19.1 Å². The molecule has 0 aliphatic rings. The van der Waals surface area contributed by atoms with E-state index < -0.39 is 0 Å². The first-order chi connectivity index (χ1) is 9.63. The lowest BCUT2D eigenvalue weighted by Gasteiger charge is -2.10. The standard InChI is InChI=1S/C17H16N2O.ClH/c1-11-7-8-14-13(9-11)16(10-12(2)18-14)19-15-5-3-4-6-17(15)20;/h3-10,20H,1-2H3,(H,18,19);1H. The molecule has 3 nitrogen and oxygen atoms in total. The van der Waals surface area contributed by atoms with E-state index in [4.69, 9.17) is 0 Å². The van der Waals surface area contributed by atoms with Crippen LogP contribution in [0.3, 0.4) is 0 Å². The van der Waals surface area contributed by atoms with Crippen LogP contribution in [0.2, 0.25) is 0 Å². The molecule has 0 bridgehead atoms. The summed E-state index contributed by atoms with van der Waals surface area (Å²) < 4.78 is 0. The topological polar surface area (TPSA) is 46.4 Å². The summed E-state index contributed by atoms with van der Waals surface area (Å²) in [5.41, 5.74) is 5.05. The van der Waals surface area contributed by atoms with Gasteiger partial charge in [-0.05, 0) is 30.7 Å². The van der Waals surface area contributed by atoms with Gasteiger partial charge in [-0.1, -0.05) is 18.2 Å². The Morgan fingerprint density at radius 2 is 1.71 bits per heavy atom. The number of rotatable bonds is 2.